The van der Waals surface area contributed by atoms with Crippen LogP contribution >= 0.6 is 58.0 Å². The van der Waals surface area contributed by atoms with Gasteiger partial charge in [0.1, 0.15) is 21.9 Å². The largest absolute Gasteiger partial charge is 0.490 e. The van der Waals surface area contributed by atoms with Crippen molar-refractivity contribution in [1.82, 2.24) is 0 Å². The first-order valence-electron chi connectivity index (χ1n) is 8.37. The number of allylic oxidation sites excluding steroid dienone is 1. The van der Waals surface area contributed by atoms with Crippen molar-refractivity contribution >= 4 is 58.0 Å². The van der Waals surface area contributed by atoms with Crippen molar-refractivity contribution in [2.75, 3.05) is 26.4 Å². The smallest absolute Gasteiger partial charge is 0.426 e. The van der Waals surface area contributed by atoms with Crippen LogP contribution in [0.25, 0.3) is 0 Å². The Morgan fingerprint density at radius 1 is 0.862 bits per heavy atom. The Kier molecular flexibility index (Phi) is 12.6. The monoisotopic (exact) mass is 514 g/mol. The number of ether oxygens (including phenoxy) is 3. The Labute approximate surface area is 192 Å². The number of rotatable bonds is 12. The number of alkyl halides is 3. The Morgan fingerprint density at radius 3 is 2.07 bits per heavy atom. The highest BCUT2D eigenvalue weighted by molar-refractivity contribution is 6.55. The Morgan fingerprint density at radius 2 is 1.48 bits per heavy atom. The van der Waals surface area contributed by atoms with Crippen LogP contribution in [-0.4, -0.2) is 32.6 Å². The molecule has 0 heterocycles. The molecule has 0 saturated carbocycles. The molecule has 164 valence electrons. The molecule has 0 spiro atoms. The summed E-state index contributed by atoms with van der Waals surface area (Å²) in [6.45, 7) is 0.647. The summed E-state index contributed by atoms with van der Waals surface area (Å²) in [5.41, 5.74) is 0. The van der Waals surface area contributed by atoms with Crippen molar-refractivity contribution in [2.24, 2.45) is 0 Å². The molecule has 1 aromatic carbocycles. The highest BCUT2D eigenvalue weighted by Gasteiger charge is 2.31. The molecule has 0 saturated heterocycles. The molecule has 0 aliphatic carbocycles. The molecule has 29 heavy (non-hydrogen) atoms. The number of hydrogen-bond acceptors (Lipinski definition) is 3. The summed E-state index contributed by atoms with van der Waals surface area (Å²) in [6, 6.07) is 3.12. The molecule has 0 N–H and O–H groups in total. The van der Waals surface area contributed by atoms with Crippen LogP contribution in [0.4, 0.5) is 13.2 Å². The van der Waals surface area contributed by atoms with Gasteiger partial charge in [-0.2, -0.15) is 13.2 Å². The molecule has 1 rings (SSSR count). The van der Waals surface area contributed by atoms with Crippen LogP contribution in [0.2, 0.25) is 10.0 Å². The lowest BCUT2D eigenvalue weighted by atomic mass is 10.2. The topological polar surface area (TPSA) is 27.7 Å². The van der Waals surface area contributed by atoms with Crippen LogP contribution in [0.1, 0.15) is 19.3 Å². The van der Waals surface area contributed by atoms with Crippen LogP contribution in [0.15, 0.2) is 33.8 Å². The van der Waals surface area contributed by atoms with Crippen LogP contribution < -0.4 is 9.47 Å². The fourth-order valence-electron chi connectivity index (χ4n) is 1.95. The Hall–Kier alpha value is -0.500. The van der Waals surface area contributed by atoms with Crippen molar-refractivity contribution in [3.05, 3.63) is 43.9 Å². The molecular formula is C18H18Cl5F3O3. The van der Waals surface area contributed by atoms with Crippen LogP contribution in [0.5, 0.6) is 11.5 Å². The molecule has 0 bridgehead atoms. The summed E-state index contributed by atoms with van der Waals surface area (Å²) in [4.78, 5) is 0. The molecule has 0 radical (unpaired) electrons. The second-order valence-corrected chi connectivity index (χ2v) is 7.78. The lowest BCUT2D eigenvalue weighted by molar-refractivity contribution is -0.0850. The van der Waals surface area contributed by atoms with E-state index in [9.17, 15) is 13.2 Å². The third-order valence-corrected chi connectivity index (χ3v) is 4.53. The first-order chi connectivity index (χ1) is 13.6. The number of benzene rings is 1. The second-order valence-electron chi connectivity index (χ2n) is 5.55. The molecule has 1 aromatic rings. The molecule has 0 fully saturated rings. The average molecular weight is 517 g/mol. The van der Waals surface area contributed by atoms with Gasteiger partial charge in [0.05, 0.1) is 23.3 Å². The van der Waals surface area contributed by atoms with Crippen molar-refractivity contribution in [2.45, 2.75) is 25.4 Å². The van der Waals surface area contributed by atoms with E-state index in [1.807, 2.05) is 0 Å². The summed E-state index contributed by atoms with van der Waals surface area (Å²) in [5, 5.41) is -0.592. The molecule has 0 unspecified atom stereocenters. The Balaban J connectivity index is 2.27. The van der Waals surface area contributed by atoms with Gasteiger partial charge in [0.2, 0.25) is 0 Å². The van der Waals surface area contributed by atoms with Gasteiger partial charge >= 0.3 is 6.18 Å². The van der Waals surface area contributed by atoms with Crippen LogP contribution in [0.3, 0.4) is 0 Å². The van der Waals surface area contributed by atoms with Gasteiger partial charge in [-0.15, -0.1) is 0 Å². The third kappa shape index (κ3) is 11.5. The second kappa shape index (κ2) is 13.7. The lowest BCUT2D eigenvalue weighted by Crippen LogP contribution is -2.08. The van der Waals surface area contributed by atoms with E-state index >= 15 is 0 Å². The summed E-state index contributed by atoms with van der Waals surface area (Å²) >= 11 is 28.4. The molecule has 0 aliphatic heterocycles. The Bertz CT molecular complexity index is 681. The van der Waals surface area contributed by atoms with Crippen LogP contribution in [0, 0.1) is 0 Å². The maximum absolute atomic E-state index is 12.2. The van der Waals surface area contributed by atoms with Gasteiger partial charge in [-0.25, -0.2) is 0 Å². The molecule has 0 amide bonds. The summed E-state index contributed by atoms with van der Waals surface area (Å²) in [5.74, 6) is 0.782. The van der Waals surface area contributed by atoms with E-state index in [-0.39, 0.29) is 17.7 Å². The zero-order valence-corrected chi connectivity index (χ0v) is 18.8. The van der Waals surface area contributed by atoms with E-state index in [1.165, 1.54) is 6.08 Å². The van der Waals surface area contributed by atoms with Crippen molar-refractivity contribution in [3.63, 3.8) is 0 Å². The van der Waals surface area contributed by atoms with Gasteiger partial charge in [-0.05, 0) is 31.4 Å². The van der Waals surface area contributed by atoms with Crippen molar-refractivity contribution < 1.29 is 27.4 Å². The average Bonchev–Trinajstić information content (AvgIpc) is 2.60. The minimum atomic E-state index is -4.54. The van der Waals surface area contributed by atoms with Gasteiger partial charge in [0, 0.05) is 18.7 Å². The summed E-state index contributed by atoms with van der Waals surface area (Å²) in [7, 11) is 0. The fraction of sp³-hybridized carbons (Fsp3) is 0.444. The number of hydrogen-bond donors (Lipinski definition) is 0. The van der Waals surface area contributed by atoms with E-state index < -0.39 is 11.2 Å². The molecular weight excluding hydrogens is 498 g/mol. The summed E-state index contributed by atoms with van der Waals surface area (Å²) < 4.78 is 52.6. The van der Waals surface area contributed by atoms with Crippen molar-refractivity contribution in [1.29, 1.82) is 0 Å². The SMILES string of the molecule is FC(F)(F)/C(Cl)=C/COCCCCCOc1c(Cl)cc(OCC=C(Cl)Cl)cc1Cl. The first-order valence-corrected chi connectivity index (χ1v) is 10.3. The first kappa shape index (κ1) is 26.5. The van der Waals surface area contributed by atoms with Gasteiger partial charge < -0.3 is 14.2 Å². The minimum absolute atomic E-state index is 0.0918. The van der Waals surface area contributed by atoms with Crippen LogP contribution in [-0.2, 0) is 4.74 Å². The highest BCUT2D eigenvalue weighted by Crippen LogP contribution is 2.37. The molecule has 0 aromatic heterocycles. The highest BCUT2D eigenvalue weighted by atomic mass is 35.5. The molecule has 0 aliphatic rings. The predicted molar refractivity (Wildman–Crippen MR) is 112 cm³/mol. The zero-order valence-electron chi connectivity index (χ0n) is 15.0. The maximum atomic E-state index is 12.2. The number of unbranched alkanes of at least 4 members (excludes halogenated alkanes) is 2. The zero-order chi connectivity index (χ0) is 21.9. The van der Waals surface area contributed by atoms with E-state index in [4.69, 9.17) is 72.2 Å². The molecule has 3 nitrogen and oxygen atoms in total. The maximum Gasteiger partial charge on any atom is 0.426 e. The van der Waals surface area contributed by atoms with Gasteiger partial charge in [0.25, 0.3) is 0 Å². The van der Waals surface area contributed by atoms with Gasteiger partial charge in [0.15, 0.2) is 5.75 Å². The van der Waals surface area contributed by atoms with E-state index in [0.717, 1.165) is 12.5 Å². The summed E-state index contributed by atoms with van der Waals surface area (Å²) in [6.07, 6.45) is -0.177. The lowest BCUT2D eigenvalue weighted by Gasteiger charge is -2.12. The van der Waals surface area contributed by atoms with E-state index in [0.29, 0.717) is 47.6 Å². The van der Waals surface area contributed by atoms with Crippen molar-refractivity contribution in [3.8, 4) is 11.5 Å². The van der Waals surface area contributed by atoms with Gasteiger partial charge in [-0.3, -0.25) is 0 Å². The quantitative estimate of drug-likeness (QED) is 0.264. The molecule has 0 atom stereocenters. The minimum Gasteiger partial charge on any atom is -0.490 e. The third-order valence-electron chi connectivity index (χ3n) is 3.29. The number of halogens is 8. The molecule has 11 heteroatoms. The fourth-order valence-corrected chi connectivity index (χ4v) is 2.71. The normalized spacial score (nSPS) is 12.1. The van der Waals surface area contributed by atoms with E-state index in [1.54, 1.807) is 12.1 Å². The van der Waals surface area contributed by atoms with E-state index in [2.05, 4.69) is 0 Å². The van der Waals surface area contributed by atoms with Gasteiger partial charge in [-0.1, -0.05) is 58.0 Å². The predicted octanol–water partition coefficient (Wildman–Crippen LogP) is 7.94. The standard InChI is InChI=1S/C18H18Cl5F3O3/c19-13-10-12(28-9-5-16(22)23)11-14(20)17(13)29-7-3-1-2-6-27-8-4-15(21)18(24,25)26/h4-5,10-11H,1-3,6-9H2/b15-4-.